The van der Waals surface area contributed by atoms with Gasteiger partial charge in [0, 0.05) is 51.7 Å². The molecule has 1 unspecified atom stereocenters. The summed E-state index contributed by atoms with van der Waals surface area (Å²) < 4.78 is 5.87. The van der Waals surface area contributed by atoms with Crippen LogP contribution in [0.4, 0.5) is 0 Å². The Morgan fingerprint density at radius 1 is 1.27 bits per heavy atom. The molecule has 0 bridgehead atoms. The molecule has 1 N–H and O–H groups in total. The average Bonchev–Trinajstić information content (AvgIpc) is 3.33. The average molecular weight is 357 g/mol. The van der Waals surface area contributed by atoms with Gasteiger partial charge in [0.1, 0.15) is 5.75 Å². The molecular weight excluding hydrogens is 324 g/mol. The number of para-hydroxylation sites is 1. The third kappa shape index (κ3) is 5.01. The van der Waals surface area contributed by atoms with E-state index >= 15 is 0 Å². The number of hydrogen-bond donors (Lipinski definition) is 1. The van der Waals surface area contributed by atoms with Crippen molar-refractivity contribution < 1.29 is 4.74 Å². The van der Waals surface area contributed by atoms with Crippen molar-refractivity contribution in [1.29, 1.82) is 0 Å². The van der Waals surface area contributed by atoms with Crippen molar-refractivity contribution in [3.63, 3.8) is 0 Å². The number of guanidine groups is 1. The molecule has 5 nitrogen and oxygen atoms in total. The lowest BCUT2D eigenvalue weighted by molar-refractivity contribution is 0.259. The third-order valence-corrected chi connectivity index (χ3v) is 5.08. The molecule has 0 saturated carbocycles. The SMILES string of the molecule is CCNC(=NCCCOc1ccccc1C)N1CCC(N2CC=CC2)C1. The van der Waals surface area contributed by atoms with Gasteiger partial charge in [-0.2, -0.15) is 0 Å². The Hall–Kier alpha value is -2.01. The van der Waals surface area contributed by atoms with Gasteiger partial charge in [0.15, 0.2) is 5.96 Å². The standard InChI is InChI=1S/C21H32N4O/c1-3-22-21(25-15-11-19(17-25)24-13-6-7-14-24)23-12-8-16-26-20-10-5-4-9-18(20)2/h4-7,9-10,19H,3,8,11-17H2,1-2H3,(H,22,23). The van der Waals surface area contributed by atoms with E-state index in [4.69, 9.17) is 9.73 Å². The number of hydrogen-bond acceptors (Lipinski definition) is 3. The quantitative estimate of drug-likeness (QED) is 0.353. The van der Waals surface area contributed by atoms with E-state index in [0.717, 1.165) is 57.4 Å². The molecule has 2 heterocycles. The molecule has 1 fully saturated rings. The molecule has 0 aliphatic carbocycles. The van der Waals surface area contributed by atoms with Gasteiger partial charge in [0.25, 0.3) is 0 Å². The molecular formula is C21H32N4O. The van der Waals surface area contributed by atoms with Crippen molar-refractivity contribution in [2.45, 2.75) is 32.7 Å². The second-order valence-corrected chi connectivity index (χ2v) is 7.02. The van der Waals surface area contributed by atoms with Crippen LogP contribution in [0.2, 0.25) is 0 Å². The Labute approximate surface area is 157 Å². The maximum Gasteiger partial charge on any atom is 0.193 e. The Morgan fingerprint density at radius 2 is 2.08 bits per heavy atom. The predicted molar refractivity (Wildman–Crippen MR) is 108 cm³/mol. The van der Waals surface area contributed by atoms with Crippen LogP contribution in [0.5, 0.6) is 5.75 Å². The predicted octanol–water partition coefficient (Wildman–Crippen LogP) is 2.68. The summed E-state index contributed by atoms with van der Waals surface area (Å²) in [4.78, 5) is 9.79. The number of ether oxygens (including phenoxy) is 1. The fourth-order valence-electron chi connectivity index (χ4n) is 3.60. The van der Waals surface area contributed by atoms with E-state index in [9.17, 15) is 0 Å². The molecule has 2 aliphatic heterocycles. The number of benzene rings is 1. The fraction of sp³-hybridized carbons (Fsp3) is 0.571. The summed E-state index contributed by atoms with van der Waals surface area (Å²) >= 11 is 0. The molecule has 0 amide bonds. The van der Waals surface area contributed by atoms with Gasteiger partial charge < -0.3 is 15.0 Å². The van der Waals surface area contributed by atoms with Gasteiger partial charge in [-0.3, -0.25) is 9.89 Å². The van der Waals surface area contributed by atoms with E-state index in [1.54, 1.807) is 0 Å². The van der Waals surface area contributed by atoms with Crippen LogP contribution in [0.15, 0.2) is 41.4 Å². The number of aryl methyl sites for hydroxylation is 1. The number of aliphatic imine (C=N–C) groups is 1. The number of likely N-dealkylation sites (tertiary alicyclic amines) is 1. The number of nitrogens with zero attached hydrogens (tertiary/aromatic N) is 3. The van der Waals surface area contributed by atoms with Crippen LogP contribution in [0.25, 0.3) is 0 Å². The summed E-state index contributed by atoms with van der Waals surface area (Å²) in [5, 5.41) is 3.45. The van der Waals surface area contributed by atoms with Crippen LogP contribution < -0.4 is 10.1 Å². The minimum absolute atomic E-state index is 0.651. The monoisotopic (exact) mass is 356 g/mol. The molecule has 0 aromatic heterocycles. The van der Waals surface area contributed by atoms with Crippen LogP contribution in [-0.2, 0) is 0 Å². The first-order valence-electron chi connectivity index (χ1n) is 9.88. The first kappa shape index (κ1) is 18.8. The first-order valence-corrected chi connectivity index (χ1v) is 9.88. The normalized spacial score (nSPS) is 20.8. The molecule has 2 aliphatic rings. The molecule has 0 radical (unpaired) electrons. The number of rotatable bonds is 7. The minimum atomic E-state index is 0.651. The van der Waals surface area contributed by atoms with E-state index < -0.39 is 0 Å². The Kier molecular flexibility index (Phi) is 6.95. The van der Waals surface area contributed by atoms with Crippen molar-refractivity contribution in [1.82, 2.24) is 15.1 Å². The molecule has 1 saturated heterocycles. The van der Waals surface area contributed by atoms with Crippen LogP contribution >= 0.6 is 0 Å². The van der Waals surface area contributed by atoms with Gasteiger partial charge in [-0.05, 0) is 31.9 Å². The molecule has 1 aromatic carbocycles. The summed E-state index contributed by atoms with van der Waals surface area (Å²) in [7, 11) is 0. The first-order chi connectivity index (χ1) is 12.8. The summed E-state index contributed by atoms with van der Waals surface area (Å²) in [5.74, 6) is 2.03. The van der Waals surface area contributed by atoms with Gasteiger partial charge in [-0.15, -0.1) is 0 Å². The second kappa shape index (κ2) is 9.62. The zero-order valence-electron chi connectivity index (χ0n) is 16.2. The summed E-state index contributed by atoms with van der Waals surface area (Å²) in [5.41, 5.74) is 1.18. The highest BCUT2D eigenvalue weighted by Gasteiger charge is 2.29. The molecule has 142 valence electrons. The molecule has 1 aromatic rings. The van der Waals surface area contributed by atoms with Crippen LogP contribution in [0.1, 0.15) is 25.3 Å². The van der Waals surface area contributed by atoms with Crippen molar-refractivity contribution in [3.05, 3.63) is 42.0 Å². The Balaban J connectivity index is 1.44. The minimum Gasteiger partial charge on any atom is -0.493 e. The lowest BCUT2D eigenvalue weighted by Crippen LogP contribution is -2.42. The van der Waals surface area contributed by atoms with Gasteiger partial charge in [0.05, 0.1) is 6.61 Å². The molecule has 1 atom stereocenters. The van der Waals surface area contributed by atoms with Gasteiger partial charge in [-0.1, -0.05) is 30.4 Å². The van der Waals surface area contributed by atoms with Gasteiger partial charge in [-0.25, -0.2) is 0 Å². The summed E-state index contributed by atoms with van der Waals surface area (Å²) in [6.45, 7) is 11.0. The van der Waals surface area contributed by atoms with Crippen molar-refractivity contribution in [2.75, 3.05) is 45.9 Å². The molecule has 3 rings (SSSR count). The zero-order chi connectivity index (χ0) is 18.2. The van der Waals surface area contributed by atoms with Gasteiger partial charge in [0.2, 0.25) is 0 Å². The molecule has 26 heavy (non-hydrogen) atoms. The lowest BCUT2D eigenvalue weighted by atomic mass is 10.2. The van der Waals surface area contributed by atoms with E-state index in [1.807, 2.05) is 18.2 Å². The smallest absolute Gasteiger partial charge is 0.193 e. The lowest BCUT2D eigenvalue weighted by Gasteiger charge is -2.25. The topological polar surface area (TPSA) is 40.1 Å². The summed E-state index contributed by atoms with van der Waals surface area (Å²) in [6.07, 6.45) is 6.70. The highest BCUT2D eigenvalue weighted by Crippen LogP contribution is 2.18. The largest absolute Gasteiger partial charge is 0.493 e. The van der Waals surface area contributed by atoms with E-state index in [1.165, 1.54) is 12.0 Å². The maximum atomic E-state index is 5.87. The Morgan fingerprint density at radius 3 is 2.85 bits per heavy atom. The van der Waals surface area contributed by atoms with Gasteiger partial charge >= 0.3 is 0 Å². The van der Waals surface area contributed by atoms with Crippen LogP contribution in [0, 0.1) is 6.92 Å². The van der Waals surface area contributed by atoms with E-state index in [-0.39, 0.29) is 0 Å². The van der Waals surface area contributed by atoms with E-state index in [0.29, 0.717) is 12.6 Å². The second-order valence-electron chi connectivity index (χ2n) is 7.02. The summed E-state index contributed by atoms with van der Waals surface area (Å²) in [6, 6.07) is 8.81. The number of nitrogens with one attached hydrogen (secondary N) is 1. The molecule has 0 spiro atoms. The van der Waals surface area contributed by atoms with Crippen molar-refractivity contribution in [3.8, 4) is 5.75 Å². The fourth-order valence-corrected chi connectivity index (χ4v) is 3.60. The maximum absolute atomic E-state index is 5.87. The highest BCUT2D eigenvalue weighted by molar-refractivity contribution is 5.80. The van der Waals surface area contributed by atoms with Crippen LogP contribution in [0.3, 0.4) is 0 Å². The highest BCUT2D eigenvalue weighted by atomic mass is 16.5. The van der Waals surface area contributed by atoms with Crippen molar-refractivity contribution >= 4 is 5.96 Å². The van der Waals surface area contributed by atoms with Crippen LogP contribution in [-0.4, -0.2) is 67.7 Å². The van der Waals surface area contributed by atoms with E-state index in [2.05, 4.69) is 47.2 Å². The molecule has 5 heteroatoms. The van der Waals surface area contributed by atoms with Crippen molar-refractivity contribution in [2.24, 2.45) is 4.99 Å². The zero-order valence-corrected chi connectivity index (χ0v) is 16.2. The third-order valence-electron chi connectivity index (χ3n) is 5.08. The Bertz CT molecular complexity index is 620.